The lowest BCUT2D eigenvalue weighted by Gasteiger charge is -2.25. The molecule has 0 fully saturated rings. The summed E-state index contributed by atoms with van der Waals surface area (Å²) in [6.45, 7) is 5.34. The highest BCUT2D eigenvalue weighted by Gasteiger charge is 2.33. The van der Waals surface area contributed by atoms with Crippen LogP contribution in [0.25, 0.3) is 6.08 Å². The van der Waals surface area contributed by atoms with E-state index in [4.69, 9.17) is 18.9 Å². The molecule has 0 N–H and O–H groups in total. The van der Waals surface area contributed by atoms with Crippen LogP contribution in [0.2, 0.25) is 0 Å². The number of benzene rings is 2. The average molecular weight is 509 g/mol. The van der Waals surface area contributed by atoms with E-state index in [1.807, 2.05) is 18.2 Å². The van der Waals surface area contributed by atoms with Crippen LogP contribution in [0.4, 0.5) is 0 Å². The standard InChI is InChI=1S/C27H28N2O6S/c1-15(2)35-26(31)23-16(3)28-27-29(24(23)18-8-10-19(32-4)11-9-18)25(30)22(36-27)14-17-7-12-20(33-5)21(13-17)34-6/h7-15,24H,1-6H3/b22-14+. The third-order valence-corrected chi connectivity index (χ3v) is 6.70. The maximum Gasteiger partial charge on any atom is 0.338 e. The first-order valence-electron chi connectivity index (χ1n) is 11.4. The van der Waals surface area contributed by atoms with Gasteiger partial charge in [-0.25, -0.2) is 9.79 Å². The van der Waals surface area contributed by atoms with Gasteiger partial charge in [-0.15, -0.1) is 0 Å². The Kier molecular flexibility index (Phi) is 7.30. The van der Waals surface area contributed by atoms with Gasteiger partial charge in [0.2, 0.25) is 0 Å². The van der Waals surface area contributed by atoms with Gasteiger partial charge >= 0.3 is 5.97 Å². The van der Waals surface area contributed by atoms with Crippen LogP contribution < -0.4 is 29.1 Å². The number of nitrogens with zero attached hydrogens (tertiary/aromatic N) is 2. The van der Waals surface area contributed by atoms with Crippen LogP contribution in [0.1, 0.15) is 37.9 Å². The topological polar surface area (TPSA) is 88.4 Å². The molecule has 188 valence electrons. The molecule has 0 aliphatic carbocycles. The zero-order chi connectivity index (χ0) is 26.0. The van der Waals surface area contributed by atoms with Crippen LogP contribution in [-0.4, -0.2) is 38.0 Å². The predicted molar refractivity (Wildman–Crippen MR) is 138 cm³/mol. The molecule has 1 unspecified atom stereocenters. The number of carbonyl (C=O) groups excluding carboxylic acids is 1. The third-order valence-electron chi connectivity index (χ3n) is 5.72. The van der Waals surface area contributed by atoms with Crippen molar-refractivity contribution in [1.29, 1.82) is 0 Å². The number of aromatic nitrogens is 1. The normalized spacial score (nSPS) is 15.4. The van der Waals surface area contributed by atoms with Gasteiger partial charge in [-0.2, -0.15) is 0 Å². The van der Waals surface area contributed by atoms with E-state index in [1.54, 1.807) is 77.0 Å². The first-order valence-corrected chi connectivity index (χ1v) is 12.2. The summed E-state index contributed by atoms with van der Waals surface area (Å²) in [6, 6.07) is 12.0. The molecule has 1 aromatic heterocycles. The smallest absolute Gasteiger partial charge is 0.338 e. The summed E-state index contributed by atoms with van der Waals surface area (Å²) in [6.07, 6.45) is 1.46. The van der Waals surface area contributed by atoms with E-state index >= 15 is 0 Å². The average Bonchev–Trinajstić information content (AvgIpc) is 3.16. The van der Waals surface area contributed by atoms with Crippen molar-refractivity contribution >= 4 is 23.4 Å². The summed E-state index contributed by atoms with van der Waals surface area (Å²) in [5.74, 6) is 1.33. The molecule has 9 heteroatoms. The van der Waals surface area contributed by atoms with Crippen molar-refractivity contribution in [2.75, 3.05) is 21.3 Å². The quantitative estimate of drug-likeness (QED) is 0.456. The molecule has 36 heavy (non-hydrogen) atoms. The lowest BCUT2D eigenvalue weighted by Crippen LogP contribution is -2.40. The Bertz CT molecular complexity index is 1500. The Labute approximate surface area is 212 Å². The number of rotatable bonds is 7. The Morgan fingerprint density at radius 1 is 1.03 bits per heavy atom. The highest BCUT2D eigenvalue weighted by Crippen LogP contribution is 2.32. The molecule has 0 saturated carbocycles. The van der Waals surface area contributed by atoms with Crippen molar-refractivity contribution in [2.24, 2.45) is 4.99 Å². The number of fused-ring (bicyclic) bond motifs is 1. The van der Waals surface area contributed by atoms with Gasteiger partial charge in [-0.05, 0) is 62.2 Å². The molecule has 0 radical (unpaired) electrons. The molecule has 0 amide bonds. The van der Waals surface area contributed by atoms with Crippen molar-refractivity contribution in [1.82, 2.24) is 4.57 Å². The third kappa shape index (κ3) is 4.79. The van der Waals surface area contributed by atoms with Gasteiger partial charge in [0.1, 0.15) is 5.75 Å². The molecule has 0 saturated heterocycles. The summed E-state index contributed by atoms with van der Waals surface area (Å²) in [7, 11) is 4.71. The fraction of sp³-hybridized carbons (Fsp3) is 0.296. The molecule has 3 aromatic rings. The molecular weight excluding hydrogens is 480 g/mol. The number of methoxy groups -OCH3 is 3. The number of ether oxygens (including phenoxy) is 4. The lowest BCUT2D eigenvalue weighted by atomic mass is 9.96. The van der Waals surface area contributed by atoms with Crippen molar-refractivity contribution < 1.29 is 23.7 Å². The Hall–Kier alpha value is -3.85. The summed E-state index contributed by atoms with van der Waals surface area (Å²) in [5, 5.41) is 0. The van der Waals surface area contributed by atoms with E-state index in [1.165, 1.54) is 11.3 Å². The van der Waals surface area contributed by atoms with E-state index in [0.29, 0.717) is 37.9 Å². The zero-order valence-corrected chi connectivity index (χ0v) is 21.8. The fourth-order valence-electron chi connectivity index (χ4n) is 4.06. The van der Waals surface area contributed by atoms with Gasteiger partial charge in [0.05, 0.1) is 49.3 Å². The predicted octanol–water partition coefficient (Wildman–Crippen LogP) is 3.21. The van der Waals surface area contributed by atoms with Crippen molar-refractivity contribution in [3.05, 3.63) is 84.5 Å². The number of esters is 1. The lowest BCUT2D eigenvalue weighted by molar-refractivity contribution is -0.143. The van der Waals surface area contributed by atoms with Gasteiger partial charge in [0, 0.05) is 0 Å². The largest absolute Gasteiger partial charge is 0.497 e. The van der Waals surface area contributed by atoms with Gasteiger partial charge in [0.25, 0.3) is 5.56 Å². The van der Waals surface area contributed by atoms with E-state index in [0.717, 1.165) is 11.1 Å². The molecule has 1 atom stereocenters. The first kappa shape index (κ1) is 25.2. The van der Waals surface area contributed by atoms with Gasteiger partial charge < -0.3 is 18.9 Å². The van der Waals surface area contributed by atoms with Gasteiger partial charge in [-0.3, -0.25) is 9.36 Å². The molecule has 2 heterocycles. The van der Waals surface area contributed by atoms with Gasteiger partial charge in [0.15, 0.2) is 16.3 Å². The van der Waals surface area contributed by atoms with E-state index < -0.39 is 12.0 Å². The molecule has 1 aliphatic heterocycles. The fourth-order valence-corrected chi connectivity index (χ4v) is 5.10. The molecule has 8 nitrogen and oxygen atoms in total. The summed E-state index contributed by atoms with van der Waals surface area (Å²) < 4.78 is 23.6. The van der Waals surface area contributed by atoms with Crippen LogP contribution in [-0.2, 0) is 9.53 Å². The molecule has 1 aliphatic rings. The van der Waals surface area contributed by atoms with E-state index in [9.17, 15) is 9.59 Å². The number of hydrogen-bond acceptors (Lipinski definition) is 8. The summed E-state index contributed by atoms with van der Waals surface area (Å²) in [5.41, 5.74) is 2.12. The SMILES string of the molecule is COc1ccc(C2C(C(=O)OC(C)C)=C(C)N=c3s/c(=C/c4ccc(OC)c(OC)c4)c(=O)n32)cc1. The minimum atomic E-state index is -0.689. The van der Waals surface area contributed by atoms with Crippen molar-refractivity contribution in [2.45, 2.75) is 32.9 Å². The monoisotopic (exact) mass is 508 g/mol. The second-order valence-electron chi connectivity index (χ2n) is 8.42. The minimum Gasteiger partial charge on any atom is -0.497 e. The minimum absolute atomic E-state index is 0.253. The Morgan fingerprint density at radius 3 is 2.33 bits per heavy atom. The van der Waals surface area contributed by atoms with Crippen LogP contribution in [0.15, 0.2) is 63.5 Å². The zero-order valence-electron chi connectivity index (χ0n) is 21.0. The second kappa shape index (κ2) is 10.4. The van der Waals surface area contributed by atoms with E-state index in [-0.39, 0.29) is 11.7 Å². The van der Waals surface area contributed by atoms with Gasteiger partial charge in [-0.1, -0.05) is 29.5 Å². The number of carbonyl (C=O) groups is 1. The van der Waals surface area contributed by atoms with Crippen LogP contribution in [0.3, 0.4) is 0 Å². The van der Waals surface area contributed by atoms with Crippen LogP contribution in [0, 0.1) is 0 Å². The number of hydrogen-bond donors (Lipinski definition) is 0. The highest BCUT2D eigenvalue weighted by atomic mass is 32.1. The number of allylic oxidation sites excluding steroid dienone is 1. The molecule has 0 bridgehead atoms. The van der Waals surface area contributed by atoms with Crippen LogP contribution in [0.5, 0.6) is 17.2 Å². The maximum absolute atomic E-state index is 13.7. The molecule has 2 aromatic carbocycles. The Morgan fingerprint density at radius 2 is 1.72 bits per heavy atom. The molecule has 4 rings (SSSR count). The molecular formula is C27H28N2O6S. The summed E-state index contributed by atoms with van der Waals surface area (Å²) in [4.78, 5) is 32.0. The van der Waals surface area contributed by atoms with E-state index in [2.05, 4.69) is 4.99 Å². The Balaban J connectivity index is 1.91. The molecule has 0 spiro atoms. The second-order valence-corrected chi connectivity index (χ2v) is 9.43. The maximum atomic E-state index is 13.7. The van der Waals surface area contributed by atoms with Crippen molar-refractivity contribution in [3.8, 4) is 17.2 Å². The van der Waals surface area contributed by atoms with Crippen molar-refractivity contribution in [3.63, 3.8) is 0 Å². The first-order chi connectivity index (χ1) is 17.3. The number of thiazole rings is 1. The highest BCUT2D eigenvalue weighted by molar-refractivity contribution is 7.07. The summed E-state index contributed by atoms with van der Waals surface area (Å²) >= 11 is 1.26. The van der Waals surface area contributed by atoms with Crippen LogP contribution >= 0.6 is 11.3 Å².